The SMILES string of the molecule is CN1CCC(Oc2cc(I)ccc2N2C[C@@H]3C[C@H]2CN3C)C1. The lowest BCUT2D eigenvalue weighted by Gasteiger charge is -2.35. The topological polar surface area (TPSA) is 19.0 Å². The maximum Gasteiger partial charge on any atom is 0.144 e. The minimum atomic E-state index is 0.337. The number of ether oxygens (including phenoxy) is 1. The van der Waals surface area contributed by atoms with Gasteiger partial charge in [-0.05, 0) is 67.7 Å². The lowest BCUT2D eigenvalue weighted by Crippen LogP contribution is -2.44. The van der Waals surface area contributed by atoms with E-state index in [1.165, 1.54) is 22.2 Å². The molecule has 5 heteroatoms. The Balaban J connectivity index is 1.57. The van der Waals surface area contributed by atoms with Gasteiger partial charge in [0.05, 0.1) is 5.69 Å². The zero-order valence-corrected chi connectivity index (χ0v) is 15.5. The van der Waals surface area contributed by atoms with Crippen molar-refractivity contribution in [2.45, 2.75) is 31.0 Å². The average Bonchev–Trinajstić information content (AvgIpc) is 3.15. The largest absolute Gasteiger partial charge is 0.487 e. The molecule has 3 heterocycles. The summed E-state index contributed by atoms with van der Waals surface area (Å²) in [6.07, 6.45) is 2.77. The van der Waals surface area contributed by atoms with Crippen LogP contribution in [0.4, 0.5) is 5.69 Å². The summed E-state index contributed by atoms with van der Waals surface area (Å²) in [5.74, 6) is 1.09. The molecule has 1 aromatic carbocycles. The van der Waals surface area contributed by atoms with E-state index >= 15 is 0 Å². The Bertz CT molecular complexity index is 565. The van der Waals surface area contributed by atoms with Crippen LogP contribution in [0, 0.1) is 3.57 Å². The van der Waals surface area contributed by atoms with Gasteiger partial charge in [0.25, 0.3) is 0 Å². The molecular weight excluding hydrogens is 389 g/mol. The van der Waals surface area contributed by atoms with E-state index in [1.807, 2.05) is 0 Å². The molecule has 1 unspecified atom stereocenters. The van der Waals surface area contributed by atoms with E-state index in [0.29, 0.717) is 12.1 Å². The van der Waals surface area contributed by atoms with Gasteiger partial charge >= 0.3 is 0 Å². The summed E-state index contributed by atoms with van der Waals surface area (Å²) in [5.41, 5.74) is 1.30. The third-order valence-electron chi connectivity index (χ3n) is 5.39. The number of hydrogen-bond acceptors (Lipinski definition) is 4. The summed E-state index contributed by atoms with van der Waals surface area (Å²) < 4.78 is 7.66. The molecule has 3 fully saturated rings. The summed E-state index contributed by atoms with van der Waals surface area (Å²) in [7, 11) is 4.43. The number of halogens is 1. The second-order valence-corrected chi connectivity index (χ2v) is 8.28. The molecule has 3 atom stereocenters. The highest BCUT2D eigenvalue weighted by atomic mass is 127. The van der Waals surface area contributed by atoms with Crippen LogP contribution in [0.15, 0.2) is 18.2 Å². The Morgan fingerprint density at radius 2 is 2.00 bits per heavy atom. The first kappa shape index (κ1) is 15.0. The van der Waals surface area contributed by atoms with E-state index in [2.05, 4.69) is 69.6 Å². The highest BCUT2D eigenvalue weighted by Gasteiger charge is 2.42. The molecule has 4 rings (SSSR count). The third-order valence-corrected chi connectivity index (χ3v) is 6.06. The zero-order valence-electron chi connectivity index (χ0n) is 13.3. The van der Waals surface area contributed by atoms with Crippen molar-refractivity contribution in [2.75, 3.05) is 45.2 Å². The Morgan fingerprint density at radius 3 is 2.64 bits per heavy atom. The van der Waals surface area contributed by atoms with Crippen LogP contribution >= 0.6 is 22.6 Å². The lowest BCUT2D eigenvalue weighted by atomic mass is 10.2. The first-order chi connectivity index (χ1) is 10.6. The predicted molar refractivity (Wildman–Crippen MR) is 97.9 cm³/mol. The summed E-state index contributed by atoms with van der Waals surface area (Å²) in [4.78, 5) is 7.43. The number of likely N-dealkylation sites (tertiary alicyclic amines) is 2. The number of fused-ring (bicyclic) bond motifs is 2. The van der Waals surface area contributed by atoms with Gasteiger partial charge < -0.3 is 14.5 Å². The van der Waals surface area contributed by atoms with Gasteiger partial charge in [-0.15, -0.1) is 0 Å². The number of nitrogens with zero attached hydrogens (tertiary/aromatic N) is 3. The summed E-state index contributed by atoms with van der Waals surface area (Å²) in [6, 6.07) is 8.05. The van der Waals surface area contributed by atoms with Gasteiger partial charge in [0.15, 0.2) is 0 Å². The molecule has 3 saturated heterocycles. The van der Waals surface area contributed by atoms with E-state index < -0.39 is 0 Å². The van der Waals surface area contributed by atoms with Crippen molar-refractivity contribution >= 4 is 28.3 Å². The van der Waals surface area contributed by atoms with Crippen LogP contribution in [0.2, 0.25) is 0 Å². The lowest BCUT2D eigenvalue weighted by molar-refractivity contribution is 0.207. The van der Waals surface area contributed by atoms with Crippen molar-refractivity contribution in [2.24, 2.45) is 0 Å². The van der Waals surface area contributed by atoms with E-state index in [9.17, 15) is 0 Å². The first-order valence-corrected chi connectivity index (χ1v) is 9.29. The Labute approximate surface area is 146 Å². The summed E-state index contributed by atoms with van der Waals surface area (Å²) >= 11 is 2.39. The fourth-order valence-electron chi connectivity index (χ4n) is 4.15. The molecule has 0 N–H and O–H groups in total. The number of hydrogen-bond donors (Lipinski definition) is 0. The van der Waals surface area contributed by atoms with Crippen molar-refractivity contribution < 1.29 is 4.74 Å². The van der Waals surface area contributed by atoms with Crippen molar-refractivity contribution in [3.05, 3.63) is 21.8 Å². The highest BCUT2D eigenvalue weighted by Crippen LogP contribution is 2.39. The Morgan fingerprint density at radius 1 is 1.14 bits per heavy atom. The van der Waals surface area contributed by atoms with Gasteiger partial charge in [0, 0.05) is 41.8 Å². The molecule has 0 radical (unpaired) electrons. The second-order valence-electron chi connectivity index (χ2n) is 7.04. The van der Waals surface area contributed by atoms with Crippen LogP contribution in [0.5, 0.6) is 5.75 Å². The second kappa shape index (κ2) is 5.83. The minimum absolute atomic E-state index is 0.337. The molecule has 0 saturated carbocycles. The smallest absolute Gasteiger partial charge is 0.144 e. The fraction of sp³-hybridized carbons (Fsp3) is 0.647. The van der Waals surface area contributed by atoms with E-state index in [4.69, 9.17) is 4.74 Å². The maximum atomic E-state index is 6.40. The number of anilines is 1. The zero-order chi connectivity index (χ0) is 15.3. The van der Waals surface area contributed by atoms with Gasteiger partial charge in [-0.25, -0.2) is 0 Å². The quantitative estimate of drug-likeness (QED) is 0.708. The molecule has 0 amide bonds. The predicted octanol–water partition coefficient (Wildman–Crippen LogP) is 2.27. The molecule has 120 valence electrons. The third kappa shape index (κ3) is 2.71. The van der Waals surface area contributed by atoms with Gasteiger partial charge in [0.1, 0.15) is 11.9 Å². The Kier molecular flexibility index (Phi) is 3.98. The number of benzene rings is 1. The Hall–Kier alpha value is -0.530. The van der Waals surface area contributed by atoms with Crippen molar-refractivity contribution in [3.63, 3.8) is 0 Å². The molecule has 3 aliphatic rings. The van der Waals surface area contributed by atoms with Crippen molar-refractivity contribution in [3.8, 4) is 5.75 Å². The monoisotopic (exact) mass is 413 g/mol. The van der Waals surface area contributed by atoms with Crippen molar-refractivity contribution in [1.82, 2.24) is 9.80 Å². The maximum absolute atomic E-state index is 6.40. The fourth-order valence-corrected chi connectivity index (χ4v) is 4.61. The van der Waals surface area contributed by atoms with Crippen LogP contribution in [0.25, 0.3) is 0 Å². The normalized spacial score (nSPS) is 32.1. The standard InChI is InChI=1S/C17H24IN3O/c1-19-6-5-15(11-19)22-17-7-12(18)3-4-16(17)21-10-13-8-14(21)9-20(13)2/h3-4,7,13-15H,5-6,8-11H2,1-2H3/t13-,14-,15?/m0/s1. The van der Waals surface area contributed by atoms with E-state index in [1.54, 1.807) is 0 Å². The number of rotatable bonds is 3. The van der Waals surface area contributed by atoms with Crippen LogP contribution in [0.3, 0.4) is 0 Å². The number of likely N-dealkylation sites (N-methyl/N-ethyl adjacent to an activating group) is 2. The van der Waals surface area contributed by atoms with E-state index in [0.717, 1.165) is 37.8 Å². The highest BCUT2D eigenvalue weighted by molar-refractivity contribution is 14.1. The van der Waals surface area contributed by atoms with Crippen LogP contribution in [-0.4, -0.2) is 68.3 Å². The molecule has 0 aromatic heterocycles. The van der Waals surface area contributed by atoms with Gasteiger partial charge in [0.2, 0.25) is 0 Å². The van der Waals surface area contributed by atoms with Crippen LogP contribution in [-0.2, 0) is 0 Å². The summed E-state index contributed by atoms with van der Waals surface area (Å²) in [5, 5.41) is 0. The molecular formula is C17H24IN3O. The van der Waals surface area contributed by atoms with Crippen LogP contribution in [0.1, 0.15) is 12.8 Å². The molecule has 0 spiro atoms. The molecule has 2 bridgehead atoms. The van der Waals surface area contributed by atoms with Gasteiger partial charge in [-0.1, -0.05) is 0 Å². The average molecular weight is 413 g/mol. The molecule has 22 heavy (non-hydrogen) atoms. The molecule has 4 nitrogen and oxygen atoms in total. The number of piperazine rings is 1. The molecule has 1 aromatic rings. The first-order valence-electron chi connectivity index (χ1n) is 8.22. The minimum Gasteiger partial charge on any atom is -0.487 e. The van der Waals surface area contributed by atoms with Gasteiger partial charge in [-0.3, -0.25) is 4.90 Å². The summed E-state index contributed by atoms with van der Waals surface area (Å²) in [6.45, 7) is 4.51. The van der Waals surface area contributed by atoms with Gasteiger partial charge in [-0.2, -0.15) is 0 Å². The molecule has 3 aliphatic heterocycles. The van der Waals surface area contributed by atoms with Crippen molar-refractivity contribution in [1.29, 1.82) is 0 Å². The van der Waals surface area contributed by atoms with E-state index in [-0.39, 0.29) is 0 Å². The van der Waals surface area contributed by atoms with Crippen LogP contribution < -0.4 is 9.64 Å². The molecule has 0 aliphatic carbocycles.